The summed E-state index contributed by atoms with van der Waals surface area (Å²) in [5.41, 5.74) is 0.669. The molecule has 0 unspecified atom stereocenters. The molecular formula is C14H19ClN4O2S2. The standard InChI is InChI=1S/C14H18N4O2S2.ClH/c1-10-7-15-2-3-17(10)13(20)9-21-8-11-6-12(19)18-4-5-22-14(18)16-11;/h4-6,10,15H,2-3,7-9H2,1H3;1H/t10-;/m1./s1. The van der Waals surface area contributed by atoms with Gasteiger partial charge in [-0.15, -0.1) is 35.5 Å². The second-order valence-electron chi connectivity index (χ2n) is 5.27. The molecule has 3 heterocycles. The first kappa shape index (κ1) is 18.3. The zero-order valence-electron chi connectivity index (χ0n) is 12.7. The summed E-state index contributed by atoms with van der Waals surface area (Å²) < 4.78 is 1.53. The molecule has 126 valence electrons. The number of hydrogen-bond acceptors (Lipinski definition) is 6. The number of hydrogen-bond donors (Lipinski definition) is 1. The molecule has 3 rings (SSSR count). The Kier molecular flexibility index (Phi) is 6.46. The van der Waals surface area contributed by atoms with E-state index in [1.165, 1.54) is 27.5 Å². The SMILES string of the molecule is C[C@@H]1CNCCN1C(=O)CSCc1cc(=O)n2ccsc2n1.Cl. The Hall–Kier alpha value is -1.09. The Labute approximate surface area is 148 Å². The predicted octanol–water partition coefficient (Wildman–Crippen LogP) is 1.23. The fourth-order valence-electron chi connectivity index (χ4n) is 2.50. The highest BCUT2D eigenvalue weighted by Gasteiger charge is 2.22. The summed E-state index contributed by atoms with van der Waals surface area (Å²) in [7, 11) is 0. The van der Waals surface area contributed by atoms with Crippen LogP contribution in [0.4, 0.5) is 0 Å². The van der Waals surface area contributed by atoms with Gasteiger partial charge in [-0.1, -0.05) is 0 Å². The van der Waals surface area contributed by atoms with Crippen molar-refractivity contribution in [2.75, 3.05) is 25.4 Å². The quantitative estimate of drug-likeness (QED) is 0.871. The fourth-order valence-corrected chi connectivity index (χ4v) is 4.04. The third kappa shape index (κ3) is 4.26. The number of halogens is 1. The number of rotatable bonds is 4. The number of nitrogens with one attached hydrogen (secondary N) is 1. The largest absolute Gasteiger partial charge is 0.337 e. The van der Waals surface area contributed by atoms with E-state index >= 15 is 0 Å². The molecule has 1 aliphatic rings. The van der Waals surface area contributed by atoms with Gasteiger partial charge in [-0.05, 0) is 6.92 Å². The minimum atomic E-state index is -0.0658. The molecule has 1 saturated heterocycles. The van der Waals surface area contributed by atoms with E-state index in [-0.39, 0.29) is 29.9 Å². The van der Waals surface area contributed by atoms with E-state index in [0.29, 0.717) is 16.5 Å². The predicted molar refractivity (Wildman–Crippen MR) is 96.8 cm³/mol. The summed E-state index contributed by atoms with van der Waals surface area (Å²) in [5.74, 6) is 1.17. The first-order valence-corrected chi connectivity index (χ1v) is 9.22. The van der Waals surface area contributed by atoms with Gasteiger partial charge in [0, 0.05) is 49.1 Å². The van der Waals surface area contributed by atoms with Gasteiger partial charge in [-0.3, -0.25) is 14.0 Å². The van der Waals surface area contributed by atoms with Gasteiger partial charge in [0.15, 0.2) is 4.96 Å². The highest BCUT2D eigenvalue weighted by atomic mass is 35.5. The Morgan fingerprint density at radius 2 is 2.39 bits per heavy atom. The molecule has 6 nitrogen and oxygen atoms in total. The monoisotopic (exact) mass is 374 g/mol. The molecule has 2 aromatic heterocycles. The first-order valence-electron chi connectivity index (χ1n) is 7.19. The molecule has 1 amide bonds. The molecule has 1 fully saturated rings. The van der Waals surface area contributed by atoms with Crippen LogP contribution in [0.15, 0.2) is 22.4 Å². The van der Waals surface area contributed by atoms with E-state index in [1.54, 1.807) is 12.3 Å². The van der Waals surface area contributed by atoms with Crippen molar-refractivity contribution in [2.24, 2.45) is 0 Å². The van der Waals surface area contributed by atoms with Crippen molar-refractivity contribution in [3.63, 3.8) is 0 Å². The summed E-state index contributed by atoms with van der Waals surface area (Å²) in [6, 6.07) is 1.79. The minimum Gasteiger partial charge on any atom is -0.337 e. The molecule has 23 heavy (non-hydrogen) atoms. The van der Waals surface area contributed by atoms with Gasteiger partial charge in [-0.2, -0.15) is 0 Å². The van der Waals surface area contributed by atoms with Crippen LogP contribution in [0.5, 0.6) is 0 Å². The molecule has 0 saturated carbocycles. The van der Waals surface area contributed by atoms with Crippen LogP contribution in [0.1, 0.15) is 12.6 Å². The second-order valence-corrected chi connectivity index (χ2v) is 7.13. The Balaban J connectivity index is 0.00000192. The number of carbonyl (C=O) groups is 1. The van der Waals surface area contributed by atoms with E-state index in [4.69, 9.17) is 0 Å². The average Bonchev–Trinajstić information content (AvgIpc) is 2.96. The maximum absolute atomic E-state index is 12.2. The van der Waals surface area contributed by atoms with Crippen molar-refractivity contribution in [3.8, 4) is 0 Å². The number of amides is 1. The summed E-state index contributed by atoms with van der Waals surface area (Å²) in [5, 5.41) is 5.12. The van der Waals surface area contributed by atoms with Crippen LogP contribution < -0.4 is 10.9 Å². The molecule has 1 atom stereocenters. The van der Waals surface area contributed by atoms with Crippen LogP contribution in [-0.2, 0) is 10.5 Å². The summed E-state index contributed by atoms with van der Waals surface area (Å²) in [4.78, 5) is 31.2. The van der Waals surface area contributed by atoms with Crippen LogP contribution in [0.3, 0.4) is 0 Å². The summed E-state index contributed by atoms with van der Waals surface area (Å²) in [6.45, 7) is 4.53. The zero-order chi connectivity index (χ0) is 15.5. The van der Waals surface area contributed by atoms with E-state index < -0.39 is 0 Å². The number of piperazine rings is 1. The van der Waals surface area contributed by atoms with Gasteiger partial charge in [0.05, 0.1) is 11.4 Å². The van der Waals surface area contributed by atoms with E-state index in [0.717, 1.165) is 25.3 Å². The van der Waals surface area contributed by atoms with Gasteiger partial charge in [0.2, 0.25) is 5.91 Å². The Bertz CT molecular complexity index is 733. The van der Waals surface area contributed by atoms with E-state index in [2.05, 4.69) is 17.2 Å². The lowest BCUT2D eigenvalue weighted by atomic mass is 10.2. The molecule has 1 aliphatic heterocycles. The van der Waals surface area contributed by atoms with Crippen LogP contribution >= 0.6 is 35.5 Å². The number of fused-ring (bicyclic) bond motifs is 1. The molecule has 2 aromatic rings. The summed E-state index contributed by atoms with van der Waals surface area (Å²) in [6.07, 6.45) is 1.72. The third-order valence-corrected chi connectivity index (χ3v) is 5.36. The van der Waals surface area contributed by atoms with Crippen LogP contribution in [0.2, 0.25) is 0 Å². The van der Waals surface area contributed by atoms with Gasteiger partial charge in [0.1, 0.15) is 0 Å². The number of thiazole rings is 1. The van der Waals surface area contributed by atoms with Crippen molar-refractivity contribution in [1.29, 1.82) is 0 Å². The topological polar surface area (TPSA) is 66.7 Å². The maximum atomic E-state index is 12.2. The fraction of sp³-hybridized carbons (Fsp3) is 0.500. The Morgan fingerprint density at radius 1 is 1.57 bits per heavy atom. The molecule has 0 aromatic carbocycles. The van der Waals surface area contributed by atoms with Gasteiger partial charge < -0.3 is 10.2 Å². The van der Waals surface area contributed by atoms with Crippen molar-refractivity contribution >= 4 is 46.4 Å². The number of nitrogens with zero attached hydrogens (tertiary/aromatic N) is 3. The first-order chi connectivity index (χ1) is 10.6. The van der Waals surface area contributed by atoms with Crippen molar-refractivity contribution in [1.82, 2.24) is 19.6 Å². The number of thioether (sulfide) groups is 1. The van der Waals surface area contributed by atoms with Gasteiger partial charge in [-0.25, -0.2) is 4.98 Å². The smallest absolute Gasteiger partial charge is 0.258 e. The Morgan fingerprint density at radius 3 is 3.17 bits per heavy atom. The highest BCUT2D eigenvalue weighted by molar-refractivity contribution is 7.99. The normalized spacial score (nSPS) is 18.0. The lowest BCUT2D eigenvalue weighted by molar-refractivity contribution is -0.131. The van der Waals surface area contributed by atoms with Crippen molar-refractivity contribution < 1.29 is 4.79 Å². The lowest BCUT2D eigenvalue weighted by Crippen LogP contribution is -2.52. The molecule has 0 bridgehead atoms. The average molecular weight is 375 g/mol. The van der Waals surface area contributed by atoms with E-state index in [9.17, 15) is 9.59 Å². The van der Waals surface area contributed by atoms with Crippen LogP contribution in [0.25, 0.3) is 4.96 Å². The zero-order valence-corrected chi connectivity index (χ0v) is 15.2. The van der Waals surface area contributed by atoms with Gasteiger partial charge in [0.25, 0.3) is 5.56 Å². The van der Waals surface area contributed by atoms with E-state index in [1.807, 2.05) is 10.3 Å². The molecular weight excluding hydrogens is 356 g/mol. The van der Waals surface area contributed by atoms with Crippen molar-refractivity contribution in [3.05, 3.63) is 33.7 Å². The number of aromatic nitrogens is 2. The van der Waals surface area contributed by atoms with Crippen LogP contribution in [-0.4, -0.2) is 51.6 Å². The molecule has 0 aliphatic carbocycles. The van der Waals surface area contributed by atoms with Gasteiger partial charge >= 0.3 is 0 Å². The molecule has 0 spiro atoms. The van der Waals surface area contributed by atoms with Crippen LogP contribution in [0, 0.1) is 0 Å². The molecule has 1 N–H and O–H groups in total. The highest BCUT2D eigenvalue weighted by Crippen LogP contribution is 2.14. The number of carbonyl (C=O) groups excluding carboxylic acids is 1. The second kappa shape index (κ2) is 8.14. The molecule has 0 radical (unpaired) electrons. The lowest BCUT2D eigenvalue weighted by Gasteiger charge is -2.33. The van der Waals surface area contributed by atoms with Crippen molar-refractivity contribution in [2.45, 2.75) is 18.7 Å². The minimum absolute atomic E-state index is 0. The maximum Gasteiger partial charge on any atom is 0.258 e. The molecule has 9 heteroatoms. The third-order valence-electron chi connectivity index (χ3n) is 3.65. The summed E-state index contributed by atoms with van der Waals surface area (Å²) >= 11 is 2.95.